The molecule has 1 aliphatic heterocycles. The summed E-state index contributed by atoms with van der Waals surface area (Å²) in [6.45, 7) is -0.967. The van der Waals surface area contributed by atoms with Crippen molar-refractivity contribution >= 4 is 23.4 Å². The van der Waals surface area contributed by atoms with Crippen molar-refractivity contribution in [1.82, 2.24) is 10.6 Å². The maximum absolute atomic E-state index is 13.8. The van der Waals surface area contributed by atoms with E-state index in [0.717, 1.165) is 26.0 Å². The fourth-order valence-corrected chi connectivity index (χ4v) is 3.23. The molecule has 0 fully saturated rings. The molecule has 0 unspecified atom stereocenters. The van der Waals surface area contributed by atoms with Gasteiger partial charge in [-0.2, -0.15) is 35.1 Å². The number of ether oxygens (including phenoxy) is 1. The number of halogens is 9. The summed E-state index contributed by atoms with van der Waals surface area (Å²) in [6, 6.07) is 0.588. The van der Waals surface area contributed by atoms with Gasteiger partial charge in [-0.3, -0.25) is 19.3 Å². The molecule has 0 radical (unpaired) electrons. The van der Waals surface area contributed by atoms with E-state index in [4.69, 9.17) is 4.74 Å². The van der Waals surface area contributed by atoms with Crippen LogP contribution in [-0.4, -0.2) is 61.2 Å². The van der Waals surface area contributed by atoms with Gasteiger partial charge in [-0.25, -0.2) is 4.39 Å². The highest BCUT2D eigenvalue weighted by atomic mass is 19.4. The number of nitrogens with one attached hydrogen (secondary N) is 2. The van der Waals surface area contributed by atoms with E-state index in [1.54, 1.807) is 0 Å². The highest BCUT2D eigenvalue weighted by molar-refractivity contribution is 6.07. The minimum atomic E-state index is -5.98. The Labute approximate surface area is 204 Å². The van der Waals surface area contributed by atoms with Crippen LogP contribution >= 0.6 is 0 Å². The van der Waals surface area contributed by atoms with Gasteiger partial charge in [0.1, 0.15) is 35.7 Å². The quantitative estimate of drug-likeness (QED) is 0.400. The molecule has 2 N–H and O–H groups in total. The lowest BCUT2D eigenvalue weighted by Crippen LogP contribution is -2.60. The van der Waals surface area contributed by atoms with Crippen LogP contribution in [0, 0.1) is 11.2 Å². The number of fused-ring (bicyclic) bond motifs is 1. The molecule has 0 aromatic heterocycles. The van der Waals surface area contributed by atoms with Crippen LogP contribution in [-0.2, 0) is 14.4 Å². The Kier molecular flexibility index (Phi) is 8.34. The maximum Gasteiger partial charge on any atom is 0.455 e. The maximum atomic E-state index is 13.8. The van der Waals surface area contributed by atoms with E-state index in [1.165, 1.54) is 12.2 Å². The molecule has 2 rings (SSSR count). The molecule has 3 amide bonds. The first kappa shape index (κ1) is 30.0. The molecule has 7 nitrogen and oxygen atoms in total. The van der Waals surface area contributed by atoms with Crippen LogP contribution in [0.1, 0.15) is 27.2 Å². The molecule has 0 saturated carbocycles. The second-order valence-corrected chi connectivity index (χ2v) is 8.68. The fourth-order valence-electron chi connectivity index (χ4n) is 3.23. The molecule has 2 atom stereocenters. The molecule has 16 heteroatoms. The molecule has 37 heavy (non-hydrogen) atoms. The van der Waals surface area contributed by atoms with Gasteiger partial charge in [-0.05, 0) is 32.4 Å². The molecule has 0 bridgehead atoms. The van der Waals surface area contributed by atoms with Crippen molar-refractivity contribution in [2.45, 2.75) is 57.6 Å². The monoisotopic (exact) mass is 551 g/mol. The van der Waals surface area contributed by atoms with Gasteiger partial charge in [-0.1, -0.05) is 6.92 Å². The van der Waals surface area contributed by atoms with Gasteiger partial charge < -0.3 is 15.4 Å². The van der Waals surface area contributed by atoms with E-state index >= 15 is 0 Å². The number of alkyl halides is 8. The second-order valence-electron chi connectivity index (χ2n) is 8.68. The second kappa shape index (κ2) is 10.3. The van der Waals surface area contributed by atoms with E-state index in [1.807, 2.05) is 5.32 Å². The summed E-state index contributed by atoms with van der Waals surface area (Å²) in [5.74, 6) is -11.0. The van der Waals surface area contributed by atoms with E-state index in [9.17, 15) is 53.9 Å². The summed E-state index contributed by atoms with van der Waals surface area (Å²) in [7, 11) is 0. The first-order chi connectivity index (χ1) is 16.7. The highest BCUT2D eigenvalue weighted by Crippen LogP contribution is 2.37. The van der Waals surface area contributed by atoms with Crippen LogP contribution < -0.4 is 20.3 Å². The number of rotatable bonds is 7. The lowest BCUT2D eigenvalue weighted by atomic mass is 9.90. The summed E-state index contributed by atoms with van der Waals surface area (Å²) >= 11 is 0. The van der Waals surface area contributed by atoms with Crippen molar-refractivity contribution in [3.05, 3.63) is 24.0 Å². The number of nitrogens with zero attached hydrogens (tertiary/aromatic N) is 1. The Hall–Kier alpha value is -3.20. The number of hydrogen-bond donors (Lipinski definition) is 2. The smallest absolute Gasteiger partial charge is 0.455 e. The number of hydrogen-bond acceptors (Lipinski definition) is 4. The van der Waals surface area contributed by atoms with Crippen molar-refractivity contribution < 1.29 is 58.6 Å². The van der Waals surface area contributed by atoms with Crippen molar-refractivity contribution in [1.29, 1.82) is 0 Å². The van der Waals surface area contributed by atoms with Crippen molar-refractivity contribution in [3.63, 3.8) is 0 Å². The van der Waals surface area contributed by atoms with Crippen LogP contribution in [0.2, 0.25) is 0 Å². The minimum Gasteiger partial charge on any atom is -0.486 e. The zero-order chi connectivity index (χ0) is 28.6. The fraction of sp³-hybridized carbons (Fsp3) is 0.571. The third-order valence-corrected chi connectivity index (χ3v) is 5.44. The normalized spacial score (nSPS) is 19.0. The van der Waals surface area contributed by atoms with E-state index in [0.29, 0.717) is 6.07 Å². The van der Waals surface area contributed by atoms with Crippen molar-refractivity contribution in [2.75, 3.05) is 18.0 Å². The summed E-state index contributed by atoms with van der Waals surface area (Å²) in [5, 5.41) is 3.35. The summed E-state index contributed by atoms with van der Waals surface area (Å²) in [4.78, 5) is 38.4. The van der Waals surface area contributed by atoms with E-state index in [-0.39, 0.29) is 17.1 Å². The Bertz CT molecular complexity index is 1040. The SMILES string of the molecule is CC[C@@H]1Oc2ccc(F)cc2N(CC(F)(F)F)C(=O)[C@@H]1NC(=O)C(C)(C)C(=O)NCC(F)(F)C(F)(F)F. The van der Waals surface area contributed by atoms with Crippen LogP contribution in [0.5, 0.6) is 5.75 Å². The van der Waals surface area contributed by atoms with Crippen molar-refractivity contribution in [3.8, 4) is 5.75 Å². The molecule has 1 aromatic carbocycles. The first-order valence-electron chi connectivity index (χ1n) is 10.6. The Balaban J connectivity index is 2.35. The molecule has 0 saturated heterocycles. The lowest BCUT2D eigenvalue weighted by molar-refractivity contribution is -0.278. The van der Waals surface area contributed by atoms with Crippen LogP contribution in [0.25, 0.3) is 0 Å². The van der Waals surface area contributed by atoms with Crippen LogP contribution in [0.3, 0.4) is 0 Å². The summed E-state index contributed by atoms with van der Waals surface area (Å²) in [6.07, 6.45) is -12.4. The van der Waals surface area contributed by atoms with Gasteiger partial charge in [0.2, 0.25) is 11.8 Å². The average Bonchev–Trinajstić information content (AvgIpc) is 2.85. The number of anilines is 1. The molecule has 0 spiro atoms. The Morgan fingerprint density at radius 3 is 2.14 bits per heavy atom. The van der Waals surface area contributed by atoms with Crippen LogP contribution in [0.15, 0.2) is 18.2 Å². The Morgan fingerprint density at radius 2 is 1.62 bits per heavy atom. The van der Waals surface area contributed by atoms with Crippen molar-refractivity contribution in [2.24, 2.45) is 5.41 Å². The largest absolute Gasteiger partial charge is 0.486 e. The highest BCUT2D eigenvalue weighted by Gasteiger charge is 2.58. The van der Waals surface area contributed by atoms with Gasteiger partial charge in [0, 0.05) is 6.07 Å². The summed E-state index contributed by atoms with van der Waals surface area (Å²) < 4.78 is 123. The number of carbonyl (C=O) groups excluding carboxylic acids is 3. The van der Waals surface area contributed by atoms with Gasteiger partial charge >= 0.3 is 18.3 Å². The lowest BCUT2D eigenvalue weighted by Gasteiger charge is -2.31. The zero-order valence-corrected chi connectivity index (χ0v) is 19.5. The number of carbonyl (C=O) groups is 3. The predicted molar refractivity (Wildman–Crippen MR) is 109 cm³/mol. The molecule has 1 heterocycles. The third kappa shape index (κ3) is 6.77. The van der Waals surface area contributed by atoms with Crippen LogP contribution in [0.4, 0.5) is 45.2 Å². The molecule has 0 aliphatic carbocycles. The summed E-state index contributed by atoms with van der Waals surface area (Å²) in [5.41, 5.74) is -2.94. The van der Waals surface area contributed by atoms with Gasteiger partial charge in [0.25, 0.3) is 5.91 Å². The zero-order valence-electron chi connectivity index (χ0n) is 19.5. The molecular formula is C21H22F9N3O4. The molecule has 1 aromatic rings. The van der Waals surface area contributed by atoms with Gasteiger partial charge in [-0.15, -0.1) is 0 Å². The topological polar surface area (TPSA) is 87.7 Å². The first-order valence-corrected chi connectivity index (χ1v) is 10.6. The van der Waals surface area contributed by atoms with E-state index in [2.05, 4.69) is 0 Å². The minimum absolute atomic E-state index is 0.0855. The van der Waals surface area contributed by atoms with Gasteiger partial charge in [0.05, 0.1) is 12.2 Å². The average molecular weight is 551 g/mol. The molecule has 208 valence electrons. The number of amides is 3. The number of benzene rings is 1. The predicted octanol–water partition coefficient (Wildman–Crippen LogP) is 3.72. The Morgan fingerprint density at radius 1 is 1.03 bits per heavy atom. The van der Waals surface area contributed by atoms with Gasteiger partial charge in [0.15, 0.2) is 0 Å². The van der Waals surface area contributed by atoms with E-state index < -0.39 is 78.2 Å². The standard InChI is InChI=1S/C21H22F9N3O4/c1-4-12-14(32-17(36)18(2,3)16(35)31-8-19(23,24)21(28,29)30)15(34)33(9-20(25,26)27)11-7-10(22)5-6-13(11)37-12/h5-7,12,14H,4,8-9H2,1-3H3,(H,31,35)(H,32,36)/t12-,14+/m0/s1. The third-order valence-electron chi connectivity index (χ3n) is 5.44. The molecular weight excluding hydrogens is 529 g/mol. The molecule has 1 aliphatic rings.